The molecule has 6 N–H and O–H groups in total. The molecule has 0 radical (unpaired) electrons. The Labute approximate surface area is 493 Å². The first kappa shape index (κ1) is 77.7. The minimum Gasteiger partial charge on any atom is -0.390 e. The molecule has 10 nitrogen and oxygen atoms in total. The average molecular weight is 1120 g/mol. The molecule has 0 heterocycles. The fourth-order valence-electron chi connectivity index (χ4n) is 11.4. The van der Waals surface area contributed by atoms with Crippen molar-refractivity contribution in [1.82, 2.24) is 31.1 Å². The Hall–Kier alpha value is -1.30. The predicted octanol–water partition coefficient (Wildman–Crippen LogP) is 16.9. The lowest BCUT2D eigenvalue weighted by atomic mass is 10.1. The zero-order valence-electron chi connectivity index (χ0n) is 53.9. The number of rotatable bonds is 68. The van der Waals surface area contributed by atoms with Crippen LogP contribution < -0.4 is 21.3 Å². The molecule has 0 rings (SSSR count). The first-order valence-electron chi connectivity index (χ1n) is 35.6. The molecule has 2 atom stereocenters. The Kier molecular flexibility index (Phi) is 64.8. The molecule has 472 valence electrons. The molecule has 0 bridgehead atoms. The second kappa shape index (κ2) is 65.8. The monoisotopic (exact) mass is 1120 g/mol. The van der Waals surface area contributed by atoms with Crippen LogP contribution in [0.2, 0.25) is 0 Å². The van der Waals surface area contributed by atoms with Gasteiger partial charge in [-0.15, -0.1) is 0 Å². The van der Waals surface area contributed by atoms with E-state index in [1.807, 2.05) is 0 Å². The van der Waals surface area contributed by atoms with Gasteiger partial charge in [-0.05, 0) is 64.7 Å². The SMILES string of the molecule is CCCCCCCCCCCCCCNC(=O)CNCC(O)CN(CCCCCCCCCCCCC)CCCCN(CCCCCCCCCCCCCC)CC(O)CNCC(=O)NCCCCCCCCCCCCCC. The van der Waals surface area contributed by atoms with Crippen molar-refractivity contribution in [3.63, 3.8) is 0 Å². The molecule has 0 saturated heterocycles. The molecule has 0 aromatic rings. The van der Waals surface area contributed by atoms with Gasteiger partial charge in [-0.25, -0.2) is 0 Å². The fourth-order valence-corrected chi connectivity index (χ4v) is 11.4. The summed E-state index contributed by atoms with van der Waals surface area (Å²) < 4.78 is 0. The first-order chi connectivity index (χ1) is 38.9. The van der Waals surface area contributed by atoms with E-state index in [4.69, 9.17) is 0 Å². The van der Waals surface area contributed by atoms with Gasteiger partial charge in [-0.1, -0.05) is 304 Å². The van der Waals surface area contributed by atoms with Crippen molar-refractivity contribution in [2.75, 3.05) is 78.5 Å². The van der Waals surface area contributed by atoms with Crippen molar-refractivity contribution < 1.29 is 19.8 Å². The van der Waals surface area contributed by atoms with Crippen LogP contribution >= 0.6 is 0 Å². The number of amides is 2. The van der Waals surface area contributed by atoms with Gasteiger partial charge in [-0.3, -0.25) is 9.59 Å². The highest BCUT2D eigenvalue weighted by atomic mass is 16.3. The summed E-state index contributed by atoms with van der Waals surface area (Å²) in [5.41, 5.74) is 0. The van der Waals surface area contributed by atoms with Gasteiger partial charge in [0.05, 0.1) is 25.3 Å². The van der Waals surface area contributed by atoms with E-state index in [-0.39, 0.29) is 24.9 Å². The number of nitrogens with zero attached hydrogens (tertiary/aromatic N) is 2. The minimum atomic E-state index is -0.530. The molecule has 0 aliphatic heterocycles. The smallest absolute Gasteiger partial charge is 0.233 e. The number of nitrogens with one attached hydrogen (secondary N) is 4. The maximum atomic E-state index is 12.6. The summed E-state index contributed by atoms with van der Waals surface area (Å²) in [5.74, 6) is 0.0423. The maximum Gasteiger partial charge on any atom is 0.233 e. The lowest BCUT2D eigenvalue weighted by Gasteiger charge is -2.27. The third-order valence-electron chi connectivity index (χ3n) is 16.6. The van der Waals surface area contributed by atoms with E-state index < -0.39 is 12.2 Å². The predicted molar refractivity (Wildman–Crippen MR) is 346 cm³/mol. The van der Waals surface area contributed by atoms with Crippen LogP contribution in [0.1, 0.15) is 342 Å². The van der Waals surface area contributed by atoms with E-state index in [0.29, 0.717) is 26.2 Å². The molecule has 0 aromatic carbocycles. The van der Waals surface area contributed by atoms with Crippen molar-refractivity contribution in [2.45, 2.75) is 355 Å². The second-order valence-corrected chi connectivity index (χ2v) is 24.8. The molecule has 0 saturated carbocycles. The molecule has 2 unspecified atom stereocenters. The van der Waals surface area contributed by atoms with Gasteiger partial charge in [0.1, 0.15) is 0 Å². The van der Waals surface area contributed by atoms with Gasteiger partial charge in [0.2, 0.25) is 11.8 Å². The van der Waals surface area contributed by atoms with E-state index in [1.54, 1.807) is 0 Å². The van der Waals surface area contributed by atoms with Crippen LogP contribution in [0.4, 0.5) is 0 Å². The third kappa shape index (κ3) is 62.6. The standard InChI is InChI=1S/C69H142N6O4/c1-5-9-13-17-21-25-29-32-36-40-44-48-54-72-68(78)62-70-60-66(76)64-74(56-50-46-42-38-34-28-24-20-16-12-8-4)58-52-53-59-75(57-51-47-43-39-35-31-27-23-19-15-11-7-3)65-67(77)61-71-63-69(79)73-55-49-45-41-37-33-30-26-22-18-14-10-6-2/h66-67,70-71,76-77H,5-65H2,1-4H3,(H,72,78)(H,73,79). The van der Waals surface area contributed by atoms with Crippen LogP contribution in [0.3, 0.4) is 0 Å². The molecule has 0 spiro atoms. The number of unbranched alkanes of at least 4 members (excludes halogenated alkanes) is 44. The van der Waals surface area contributed by atoms with Gasteiger partial charge >= 0.3 is 0 Å². The topological polar surface area (TPSA) is 129 Å². The zero-order valence-corrected chi connectivity index (χ0v) is 53.9. The summed E-state index contributed by atoms with van der Waals surface area (Å²) in [5, 5.41) is 35.1. The van der Waals surface area contributed by atoms with Crippen molar-refractivity contribution in [3.05, 3.63) is 0 Å². The molecular weight excluding hydrogens is 977 g/mol. The summed E-state index contributed by atoms with van der Waals surface area (Å²) in [6.07, 6.45) is 63.1. The highest BCUT2D eigenvalue weighted by Gasteiger charge is 2.16. The van der Waals surface area contributed by atoms with Crippen molar-refractivity contribution in [1.29, 1.82) is 0 Å². The van der Waals surface area contributed by atoms with E-state index in [2.05, 4.69) is 58.8 Å². The van der Waals surface area contributed by atoms with Crippen LogP contribution in [0.15, 0.2) is 0 Å². The molecule has 0 fully saturated rings. The van der Waals surface area contributed by atoms with Crippen LogP contribution in [-0.4, -0.2) is 123 Å². The highest BCUT2D eigenvalue weighted by Crippen LogP contribution is 2.16. The first-order valence-corrected chi connectivity index (χ1v) is 35.6. The van der Waals surface area contributed by atoms with E-state index in [1.165, 1.54) is 276 Å². The molecule has 0 aliphatic carbocycles. The summed E-state index contributed by atoms with van der Waals surface area (Å²) in [7, 11) is 0. The van der Waals surface area contributed by atoms with E-state index >= 15 is 0 Å². The molecule has 0 aromatic heterocycles. The third-order valence-corrected chi connectivity index (χ3v) is 16.6. The number of aliphatic hydroxyl groups is 2. The highest BCUT2D eigenvalue weighted by molar-refractivity contribution is 5.78. The Morgan fingerprint density at radius 1 is 0.291 bits per heavy atom. The van der Waals surface area contributed by atoms with Gasteiger partial charge in [0.15, 0.2) is 0 Å². The maximum absolute atomic E-state index is 12.6. The second-order valence-electron chi connectivity index (χ2n) is 24.8. The lowest BCUT2D eigenvalue weighted by Crippen LogP contribution is -2.43. The number of hydrogen-bond donors (Lipinski definition) is 6. The van der Waals surface area contributed by atoms with Gasteiger partial charge in [0, 0.05) is 39.3 Å². The van der Waals surface area contributed by atoms with Crippen molar-refractivity contribution in [2.24, 2.45) is 0 Å². The van der Waals surface area contributed by atoms with Crippen LogP contribution in [0, 0.1) is 0 Å². The summed E-state index contributed by atoms with van der Waals surface area (Å²) in [6.45, 7) is 17.0. The quantitative estimate of drug-likeness (QED) is 0.0332. The summed E-state index contributed by atoms with van der Waals surface area (Å²) >= 11 is 0. The molecule has 2 amide bonds. The molecule has 79 heavy (non-hydrogen) atoms. The van der Waals surface area contributed by atoms with Crippen LogP contribution in [0.5, 0.6) is 0 Å². The Morgan fingerprint density at radius 3 is 0.709 bits per heavy atom. The Balaban J connectivity index is 4.97. The fraction of sp³-hybridized carbons (Fsp3) is 0.971. The van der Waals surface area contributed by atoms with Gasteiger partial charge < -0.3 is 41.3 Å². The Morgan fingerprint density at radius 2 is 0.481 bits per heavy atom. The number of carbonyl (C=O) groups excluding carboxylic acids is 2. The summed E-state index contributed by atoms with van der Waals surface area (Å²) in [4.78, 5) is 30.2. The molecular formula is C69H142N6O4. The minimum absolute atomic E-state index is 0.0211. The van der Waals surface area contributed by atoms with Crippen LogP contribution in [0.25, 0.3) is 0 Å². The van der Waals surface area contributed by atoms with Gasteiger partial charge in [0.25, 0.3) is 0 Å². The van der Waals surface area contributed by atoms with Crippen LogP contribution in [-0.2, 0) is 9.59 Å². The lowest BCUT2D eigenvalue weighted by molar-refractivity contribution is -0.121. The van der Waals surface area contributed by atoms with Crippen molar-refractivity contribution in [3.8, 4) is 0 Å². The number of hydrogen-bond acceptors (Lipinski definition) is 8. The van der Waals surface area contributed by atoms with Crippen molar-refractivity contribution >= 4 is 11.8 Å². The average Bonchev–Trinajstić information content (AvgIpc) is 3.43. The molecule has 10 heteroatoms. The molecule has 0 aliphatic rings. The Bertz CT molecular complexity index is 1200. The zero-order chi connectivity index (χ0) is 57.4. The van der Waals surface area contributed by atoms with Gasteiger partial charge in [-0.2, -0.15) is 0 Å². The van der Waals surface area contributed by atoms with E-state index in [0.717, 1.165) is 77.8 Å². The number of carbonyl (C=O) groups is 2. The number of aliphatic hydroxyl groups excluding tert-OH is 2. The summed E-state index contributed by atoms with van der Waals surface area (Å²) in [6, 6.07) is 0. The largest absolute Gasteiger partial charge is 0.390 e. The van der Waals surface area contributed by atoms with E-state index in [9.17, 15) is 19.8 Å². The normalized spacial score (nSPS) is 12.6.